The summed E-state index contributed by atoms with van der Waals surface area (Å²) in [7, 11) is 3.28. The number of hydrogen-bond donors (Lipinski definition) is 2. The van der Waals surface area contributed by atoms with Gasteiger partial charge >= 0.3 is 0 Å². The highest BCUT2D eigenvalue weighted by molar-refractivity contribution is 5.69. The van der Waals surface area contributed by atoms with Crippen LogP contribution in [0.1, 0.15) is 35.1 Å². The Morgan fingerprint density at radius 2 is 2.00 bits per heavy atom. The lowest BCUT2D eigenvalue weighted by Gasteiger charge is -2.30. The summed E-state index contributed by atoms with van der Waals surface area (Å²) in [5.41, 5.74) is 8.53. The monoisotopic (exact) mass is 328 g/mol. The molecule has 0 amide bonds. The molecule has 3 N–H and O–H groups in total. The van der Waals surface area contributed by atoms with Gasteiger partial charge in [0.25, 0.3) is 0 Å². The molecule has 0 fully saturated rings. The second-order valence-corrected chi connectivity index (χ2v) is 5.71. The third-order valence-electron chi connectivity index (χ3n) is 4.42. The second-order valence-electron chi connectivity index (χ2n) is 5.71. The van der Waals surface area contributed by atoms with Gasteiger partial charge in [-0.05, 0) is 30.9 Å². The van der Waals surface area contributed by atoms with Crippen molar-refractivity contribution in [2.75, 3.05) is 20.0 Å². The van der Waals surface area contributed by atoms with Crippen LogP contribution in [0.3, 0.4) is 0 Å². The van der Waals surface area contributed by atoms with Crippen LogP contribution < -0.4 is 15.2 Å². The molecule has 1 aliphatic carbocycles. The molecule has 7 nitrogen and oxygen atoms in total. The van der Waals surface area contributed by atoms with Gasteiger partial charge in [0.15, 0.2) is 0 Å². The van der Waals surface area contributed by atoms with Crippen LogP contribution in [0.5, 0.6) is 11.5 Å². The number of nitrogens with zero attached hydrogens (tertiary/aromatic N) is 3. The van der Waals surface area contributed by atoms with Crippen LogP contribution in [-0.4, -0.2) is 35.6 Å². The van der Waals surface area contributed by atoms with Gasteiger partial charge in [0.05, 0.1) is 26.1 Å². The van der Waals surface area contributed by atoms with Gasteiger partial charge in [-0.1, -0.05) is 6.07 Å². The van der Waals surface area contributed by atoms with E-state index in [0.29, 0.717) is 6.42 Å². The maximum atomic E-state index is 9.01. The fraction of sp³-hybridized carbons (Fsp3) is 0.353. The lowest BCUT2D eigenvalue weighted by molar-refractivity contribution is 0.318. The zero-order chi connectivity index (χ0) is 17.1. The van der Waals surface area contributed by atoms with Crippen LogP contribution in [0, 0.1) is 0 Å². The first kappa shape index (κ1) is 16.0. The van der Waals surface area contributed by atoms with Crippen molar-refractivity contribution in [3.05, 3.63) is 41.2 Å². The molecule has 3 rings (SSSR count). The van der Waals surface area contributed by atoms with Crippen molar-refractivity contribution in [2.45, 2.75) is 24.7 Å². The molecule has 0 radical (unpaired) electrons. The number of oxime groups is 1. The van der Waals surface area contributed by atoms with Gasteiger partial charge in [-0.25, -0.2) is 9.97 Å². The molecule has 0 bridgehead atoms. The van der Waals surface area contributed by atoms with E-state index < -0.39 is 0 Å². The summed E-state index contributed by atoms with van der Waals surface area (Å²) in [6, 6.07) is 5.72. The minimum absolute atomic E-state index is 0.0981. The molecule has 1 heterocycles. The van der Waals surface area contributed by atoms with Crippen LogP contribution in [0.2, 0.25) is 0 Å². The van der Waals surface area contributed by atoms with E-state index in [4.69, 9.17) is 20.4 Å². The number of rotatable bonds is 4. The van der Waals surface area contributed by atoms with Crippen LogP contribution in [0.4, 0.5) is 5.95 Å². The van der Waals surface area contributed by atoms with E-state index >= 15 is 0 Å². The van der Waals surface area contributed by atoms with Crippen LogP contribution in [0.15, 0.2) is 29.6 Å². The molecule has 1 aliphatic rings. The fourth-order valence-corrected chi connectivity index (χ4v) is 3.39. The third kappa shape index (κ3) is 2.84. The van der Waals surface area contributed by atoms with Crippen LogP contribution in [-0.2, 0) is 6.42 Å². The molecular formula is C17H20N4O3. The fourth-order valence-electron chi connectivity index (χ4n) is 3.39. The van der Waals surface area contributed by atoms with Crippen molar-refractivity contribution in [1.29, 1.82) is 0 Å². The maximum absolute atomic E-state index is 9.01. The minimum Gasteiger partial charge on any atom is -0.496 e. The predicted octanol–water partition coefficient (Wildman–Crippen LogP) is 2.35. The highest BCUT2D eigenvalue weighted by Crippen LogP contribution is 2.44. The summed E-state index contributed by atoms with van der Waals surface area (Å²) in [5, 5.41) is 12.2. The Bertz CT molecular complexity index is 741. The van der Waals surface area contributed by atoms with Crippen molar-refractivity contribution < 1.29 is 14.7 Å². The number of hydrogen-bond acceptors (Lipinski definition) is 7. The van der Waals surface area contributed by atoms with Gasteiger partial charge < -0.3 is 20.4 Å². The number of methoxy groups -OCH3 is 2. The largest absolute Gasteiger partial charge is 0.496 e. The third-order valence-corrected chi connectivity index (χ3v) is 4.42. The average Bonchev–Trinajstić information content (AvgIpc) is 2.60. The maximum Gasteiger partial charge on any atom is 0.220 e. The molecule has 0 aliphatic heterocycles. The summed E-state index contributed by atoms with van der Waals surface area (Å²) in [6.45, 7) is 0. The van der Waals surface area contributed by atoms with Gasteiger partial charge in [0.2, 0.25) is 5.95 Å². The van der Waals surface area contributed by atoms with Crippen molar-refractivity contribution in [2.24, 2.45) is 5.16 Å². The zero-order valence-electron chi connectivity index (χ0n) is 13.6. The van der Waals surface area contributed by atoms with Gasteiger partial charge in [-0.15, -0.1) is 5.16 Å². The molecule has 1 aromatic heterocycles. The molecule has 1 aromatic carbocycles. The van der Waals surface area contributed by atoms with Crippen molar-refractivity contribution in [3.63, 3.8) is 0 Å². The Morgan fingerprint density at radius 1 is 1.29 bits per heavy atom. The van der Waals surface area contributed by atoms with E-state index in [0.717, 1.165) is 34.7 Å². The van der Waals surface area contributed by atoms with Crippen LogP contribution >= 0.6 is 0 Å². The Hall–Kier alpha value is -2.83. The second kappa shape index (κ2) is 6.74. The Balaban J connectivity index is 2.08. The summed E-state index contributed by atoms with van der Waals surface area (Å²) in [6.07, 6.45) is 4.64. The SMILES string of the molecule is COc1cccc(OC)c1C1Cc2nc(N)ncc2C(C=NO)C1. The van der Waals surface area contributed by atoms with E-state index in [9.17, 15) is 0 Å². The molecule has 2 unspecified atom stereocenters. The molecule has 24 heavy (non-hydrogen) atoms. The number of benzene rings is 1. The lowest BCUT2D eigenvalue weighted by atomic mass is 9.76. The number of ether oxygens (including phenoxy) is 2. The van der Waals surface area contributed by atoms with Gasteiger partial charge in [0.1, 0.15) is 11.5 Å². The van der Waals surface area contributed by atoms with Crippen LogP contribution in [0.25, 0.3) is 0 Å². The Morgan fingerprint density at radius 3 is 2.62 bits per heavy atom. The first-order chi connectivity index (χ1) is 11.7. The Kier molecular flexibility index (Phi) is 4.50. The quantitative estimate of drug-likeness (QED) is 0.507. The van der Waals surface area contributed by atoms with Crippen molar-refractivity contribution in [3.8, 4) is 11.5 Å². The summed E-state index contributed by atoms with van der Waals surface area (Å²) in [5.74, 6) is 1.77. The van der Waals surface area contributed by atoms with Gasteiger partial charge in [0, 0.05) is 23.2 Å². The smallest absolute Gasteiger partial charge is 0.220 e. The molecule has 126 valence electrons. The number of nitrogen functional groups attached to an aromatic ring is 1. The summed E-state index contributed by atoms with van der Waals surface area (Å²) in [4.78, 5) is 8.44. The van der Waals surface area contributed by atoms with Gasteiger partial charge in [-0.3, -0.25) is 0 Å². The first-order valence-corrected chi connectivity index (χ1v) is 7.67. The normalized spacial score (nSPS) is 19.9. The average molecular weight is 328 g/mol. The number of anilines is 1. The lowest BCUT2D eigenvalue weighted by Crippen LogP contribution is -2.21. The first-order valence-electron chi connectivity index (χ1n) is 7.67. The molecule has 7 heteroatoms. The highest BCUT2D eigenvalue weighted by atomic mass is 16.5. The summed E-state index contributed by atoms with van der Waals surface area (Å²) < 4.78 is 11.1. The van der Waals surface area contributed by atoms with E-state index in [1.807, 2.05) is 18.2 Å². The number of nitrogens with two attached hydrogens (primary N) is 1. The molecule has 0 spiro atoms. The van der Waals surface area contributed by atoms with Gasteiger partial charge in [-0.2, -0.15) is 0 Å². The molecule has 2 aromatic rings. The van der Waals surface area contributed by atoms with E-state index in [1.54, 1.807) is 20.4 Å². The summed E-state index contributed by atoms with van der Waals surface area (Å²) >= 11 is 0. The zero-order valence-corrected chi connectivity index (χ0v) is 13.6. The number of aromatic nitrogens is 2. The highest BCUT2D eigenvalue weighted by Gasteiger charge is 2.32. The van der Waals surface area contributed by atoms with E-state index in [-0.39, 0.29) is 17.8 Å². The topological polar surface area (TPSA) is 103 Å². The molecule has 0 saturated carbocycles. The van der Waals surface area contributed by atoms with Crippen molar-refractivity contribution >= 4 is 12.2 Å². The Labute approximate surface area is 140 Å². The molecular weight excluding hydrogens is 308 g/mol. The number of fused-ring (bicyclic) bond motifs is 1. The van der Waals surface area contributed by atoms with Crippen molar-refractivity contribution in [1.82, 2.24) is 9.97 Å². The molecule has 0 saturated heterocycles. The van der Waals surface area contributed by atoms with E-state index in [1.165, 1.54) is 6.21 Å². The molecule has 2 atom stereocenters. The minimum atomic E-state index is -0.0982. The standard InChI is InChI=1S/C17H20N4O3/c1-23-14-4-3-5-15(24-2)16(14)10-6-11(8-20-22)12-9-19-17(18)21-13(12)7-10/h3-5,8-11,22H,6-7H2,1-2H3,(H2,18,19,21). The van der Waals surface area contributed by atoms with E-state index in [2.05, 4.69) is 15.1 Å². The predicted molar refractivity (Wildman–Crippen MR) is 90.1 cm³/mol.